The van der Waals surface area contributed by atoms with Crippen molar-refractivity contribution in [3.63, 3.8) is 0 Å². The first-order chi connectivity index (χ1) is 22.0. The summed E-state index contributed by atoms with van der Waals surface area (Å²) in [6.07, 6.45) is -0.0745. The van der Waals surface area contributed by atoms with E-state index in [1.54, 1.807) is 4.90 Å². The van der Waals surface area contributed by atoms with Crippen molar-refractivity contribution >= 4 is 28.6 Å². The fraction of sp³-hybridized carbons (Fsp3) is 0.500. The maximum absolute atomic E-state index is 14.2. The van der Waals surface area contributed by atoms with Crippen LogP contribution in [-0.4, -0.2) is 93.4 Å². The van der Waals surface area contributed by atoms with E-state index in [-0.39, 0.29) is 53.6 Å². The van der Waals surface area contributed by atoms with E-state index in [9.17, 15) is 28.0 Å². The Morgan fingerprint density at radius 2 is 1.85 bits per heavy atom. The third-order valence-corrected chi connectivity index (χ3v) is 8.62. The van der Waals surface area contributed by atoms with Crippen molar-refractivity contribution in [3.05, 3.63) is 58.5 Å². The normalized spacial score (nSPS) is 17.3. The van der Waals surface area contributed by atoms with Crippen LogP contribution in [0.25, 0.3) is 16.6 Å². The SMILES string of the molecule is C=CC(=O)N1CCN(c2nc(N3CC(N(CCC)CCC)C3)nc3c(=O)n(-c4cccc(C)c4C(F)(F)F)ncc23)C[C@H]1CC#N. The number of nitrogens with zero attached hydrogens (tertiary/aromatic N) is 9. The summed E-state index contributed by atoms with van der Waals surface area (Å²) >= 11 is 0. The Balaban J connectivity index is 1.62. The van der Waals surface area contributed by atoms with E-state index in [1.807, 2.05) is 9.80 Å². The molecule has 0 bridgehead atoms. The summed E-state index contributed by atoms with van der Waals surface area (Å²) in [5, 5.41) is 14.0. The van der Waals surface area contributed by atoms with E-state index < -0.39 is 23.3 Å². The number of piperazine rings is 1. The Morgan fingerprint density at radius 3 is 2.48 bits per heavy atom. The van der Waals surface area contributed by atoms with Crippen molar-refractivity contribution in [1.29, 1.82) is 5.26 Å². The van der Waals surface area contributed by atoms with Crippen LogP contribution < -0.4 is 15.4 Å². The number of rotatable bonds is 10. The number of alkyl halides is 3. The number of fused-ring (bicyclic) bond motifs is 1. The third-order valence-electron chi connectivity index (χ3n) is 8.62. The number of benzene rings is 1. The van der Waals surface area contributed by atoms with Crippen molar-refractivity contribution in [2.75, 3.05) is 55.6 Å². The van der Waals surface area contributed by atoms with Gasteiger partial charge in [-0.3, -0.25) is 14.5 Å². The first-order valence-corrected chi connectivity index (χ1v) is 15.5. The van der Waals surface area contributed by atoms with Gasteiger partial charge in [-0.25, -0.2) is 4.98 Å². The molecule has 2 aliphatic rings. The fourth-order valence-corrected chi connectivity index (χ4v) is 6.38. The first kappa shape index (κ1) is 32.9. The number of carbonyl (C=O) groups is 1. The lowest BCUT2D eigenvalue weighted by atomic mass is 10.1. The summed E-state index contributed by atoms with van der Waals surface area (Å²) in [5.74, 6) is 0.392. The molecule has 11 nitrogen and oxygen atoms in total. The zero-order valence-corrected chi connectivity index (χ0v) is 26.3. The van der Waals surface area contributed by atoms with Gasteiger partial charge in [0.2, 0.25) is 11.9 Å². The Bertz CT molecular complexity index is 1710. The minimum Gasteiger partial charge on any atom is -0.352 e. The molecule has 2 saturated heterocycles. The Labute approximate surface area is 265 Å². The minimum absolute atomic E-state index is 0.0336. The molecule has 3 aromatic rings. The second kappa shape index (κ2) is 13.5. The highest BCUT2D eigenvalue weighted by Gasteiger charge is 2.38. The number of amides is 1. The van der Waals surface area contributed by atoms with Gasteiger partial charge in [-0.2, -0.15) is 33.2 Å². The molecule has 46 heavy (non-hydrogen) atoms. The van der Waals surface area contributed by atoms with Crippen molar-refractivity contribution in [3.8, 4) is 11.8 Å². The van der Waals surface area contributed by atoms with E-state index in [2.05, 4.69) is 41.5 Å². The van der Waals surface area contributed by atoms with Gasteiger partial charge in [0.05, 0.1) is 41.4 Å². The van der Waals surface area contributed by atoms with Crippen LogP contribution in [0.4, 0.5) is 24.9 Å². The molecule has 0 saturated carbocycles. The van der Waals surface area contributed by atoms with Gasteiger partial charge >= 0.3 is 6.18 Å². The number of aromatic nitrogens is 4. The standard InChI is InChI=1S/C32H38F3N9O2/c1-5-13-40(14-6-2)23-19-42(20-23)31-38-28-24(29(39-31)41-15-16-43(26(45)7-3)22(18-41)11-12-36)17-37-44(30(28)46)25-10-8-9-21(4)27(25)32(33,34)35/h7-10,17,22-23H,3,5-6,11,13-16,18-20H2,1-2,4H3/t22-/m1/s1. The maximum Gasteiger partial charge on any atom is 0.418 e. The van der Waals surface area contributed by atoms with Crippen LogP contribution in [0, 0.1) is 18.3 Å². The number of halogens is 3. The maximum atomic E-state index is 14.2. The average Bonchev–Trinajstić information content (AvgIpc) is 2.99. The van der Waals surface area contributed by atoms with Gasteiger partial charge in [0, 0.05) is 38.8 Å². The van der Waals surface area contributed by atoms with Gasteiger partial charge < -0.3 is 14.7 Å². The number of hydrogen-bond acceptors (Lipinski definition) is 9. The number of aryl methyl sites for hydroxylation is 1. The predicted molar refractivity (Wildman–Crippen MR) is 169 cm³/mol. The molecule has 4 heterocycles. The molecule has 1 atom stereocenters. The molecule has 5 rings (SSSR count). The number of hydrogen-bond donors (Lipinski definition) is 0. The van der Waals surface area contributed by atoms with E-state index in [0.29, 0.717) is 31.4 Å². The van der Waals surface area contributed by atoms with Gasteiger partial charge in [-0.05, 0) is 50.6 Å². The molecular weight excluding hydrogens is 599 g/mol. The third kappa shape index (κ3) is 6.28. The first-order valence-electron chi connectivity index (χ1n) is 15.5. The largest absolute Gasteiger partial charge is 0.418 e. The van der Waals surface area contributed by atoms with Crippen LogP contribution in [0.15, 0.2) is 41.8 Å². The molecule has 2 aliphatic heterocycles. The smallest absolute Gasteiger partial charge is 0.352 e. The highest BCUT2D eigenvalue weighted by atomic mass is 19.4. The van der Waals surface area contributed by atoms with Crippen LogP contribution in [0.1, 0.15) is 44.2 Å². The lowest BCUT2D eigenvalue weighted by molar-refractivity contribution is -0.138. The molecule has 2 aromatic heterocycles. The molecular formula is C32H38F3N9O2. The fourth-order valence-electron chi connectivity index (χ4n) is 6.38. The minimum atomic E-state index is -4.72. The Kier molecular flexibility index (Phi) is 9.62. The second-order valence-corrected chi connectivity index (χ2v) is 11.7. The number of carbonyl (C=O) groups excluding carboxylic acids is 1. The molecule has 1 amide bonds. The molecule has 0 unspecified atom stereocenters. The highest BCUT2D eigenvalue weighted by Crippen LogP contribution is 2.36. The van der Waals surface area contributed by atoms with E-state index in [1.165, 1.54) is 37.4 Å². The Hall–Kier alpha value is -4.51. The molecule has 1 aromatic carbocycles. The predicted octanol–water partition coefficient (Wildman–Crippen LogP) is 3.93. The van der Waals surface area contributed by atoms with Crippen LogP contribution >= 0.6 is 0 Å². The average molecular weight is 638 g/mol. The van der Waals surface area contributed by atoms with Crippen LogP contribution in [-0.2, 0) is 11.0 Å². The quantitative estimate of drug-likeness (QED) is 0.305. The lowest BCUT2D eigenvalue weighted by Gasteiger charge is -2.46. The van der Waals surface area contributed by atoms with Crippen molar-refractivity contribution in [2.45, 2.75) is 58.3 Å². The molecule has 0 spiro atoms. The highest BCUT2D eigenvalue weighted by molar-refractivity contribution is 5.90. The van der Waals surface area contributed by atoms with Gasteiger partial charge in [0.25, 0.3) is 5.56 Å². The summed E-state index contributed by atoms with van der Waals surface area (Å²) in [6, 6.07) is 5.97. The summed E-state index contributed by atoms with van der Waals surface area (Å²) in [4.78, 5) is 43.9. The summed E-state index contributed by atoms with van der Waals surface area (Å²) < 4.78 is 43.2. The topological polar surface area (TPSA) is 114 Å². The molecule has 2 fully saturated rings. The summed E-state index contributed by atoms with van der Waals surface area (Å²) in [7, 11) is 0. The second-order valence-electron chi connectivity index (χ2n) is 11.7. The number of anilines is 2. The van der Waals surface area contributed by atoms with Crippen molar-refractivity contribution in [2.24, 2.45) is 0 Å². The van der Waals surface area contributed by atoms with Crippen molar-refractivity contribution in [1.82, 2.24) is 29.5 Å². The van der Waals surface area contributed by atoms with Gasteiger partial charge in [-0.15, -0.1) is 0 Å². The van der Waals surface area contributed by atoms with Crippen LogP contribution in [0.2, 0.25) is 0 Å². The van der Waals surface area contributed by atoms with Crippen LogP contribution in [0.3, 0.4) is 0 Å². The molecule has 0 radical (unpaired) electrons. The molecule has 14 heteroatoms. The van der Waals surface area contributed by atoms with E-state index >= 15 is 0 Å². The van der Waals surface area contributed by atoms with E-state index in [0.717, 1.165) is 30.6 Å². The molecule has 0 aliphatic carbocycles. The van der Waals surface area contributed by atoms with Gasteiger partial charge in [0.1, 0.15) is 11.3 Å². The summed E-state index contributed by atoms with van der Waals surface area (Å²) in [5.41, 5.74) is -2.23. The van der Waals surface area contributed by atoms with Crippen molar-refractivity contribution < 1.29 is 18.0 Å². The van der Waals surface area contributed by atoms with E-state index in [4.69, 9.17) is 4.98 Å². The Morgan fingerprint density at radius 1 is 1.13 bits per heavy atom. The molecule has 0 N–H and O–H groups in total. The monoisotopic (exact) mass is 637 g/mol. The van der Waals surface area contributed by atoms with Gasteiger partial charge in [0.15, 0.2) is 0 Å². The lowest BCUT2D eigenvalue weighted by Crippen LogP contribution is -2.60. The zero-order valence-electron chi connectivity index (χ0n) is 26.3. The molecule has 244 valence electrons. The number of nitriles is 1. The van der Waals surface area contributed by atoms with Gasteiger partial charge in [-0.1, -0.05) is 32.6 Å². The summed E-state index contributed by atoms with van der Waals surface area (Å²) in [6.45, 7) is 13.3. The zero-order chi connectivity index (χ0) is 33.2. The van der Waals surface area contributed by atoms with Crippen LogP contribution in [0.5, 0.6) is 0 Å².